The van der Waals surface area contributed by atoms with Crippen LogP contribution in [-0.4, -0.2) is 128 Å². The van der Waals surface area contributed by atoms with E-state index in [2.05, 4.69) is 15.5 Å². The van der Waals surface area contributed by atoms with Gasteiger partial charge in [0, 0.05) is 83.6 Å². The molecule has 1 aliphatic carbocycles. The number of ether oxygens (including phenoxy) is 1. The first-order valence-corrected chi connectivity index (χ1v) is 18.6. The molecule has 4 aliphatic heterocycles. The summed E-state index contributed by atoms with van der Waals surface area (Å²) in [5.74, 6) is 0.108. The van der Waals surface area contributed by atoms with Crippen molar-refractivity contribution >= 4 is 33.5 Å². The van der Waals surface area contributed by atoms with Crippen molar-refractivity contribution in [2.45, 2.75) is 94.6 Å². The number of carbonyl (C=O) groups is 2. The van der Waals surface area contributed by atoms with Crippen LogP contribution in [-0.2, 0) is 24.4 Å². The summed E-state index contributed by atoms with van der Waals surface area (Å²) >= 11 is 6.16. The average Bonchev–Trinajstić information content (AvgIpc) is 2.94. The number of halogens is 2. The first-order chi connectivity index (χ1) is 21.0. The van der Waals surface area contributed by atoms with Gasteiger partial charge in [-0.1, -0.05) is 0 Å². The van der Waals surface area contributed by atoms with Crippen LogP contribution in [0.2, 0.25) is 0 Å². The minimum absolute atomic E-state index is 0.00183. The van der Waals surface area contributed by atoms with E-state index in [-0.39, 0.29) is 65.9 Å². The number of unbranched alkanes of at least 4 members (excludes halogenated alkanes) is 1. The van der Waals surface area contributed by atoms with Gasteiger partial charge in [-0.05, 0) is 63.2 Å². The molecule has 1 saturated carbocycles. The molecule has 0 aromatic rings. The maximum atomic E-state index is 15.1. The van der Waals surface area contributed by atoms with Crippen molar-refractivity contribution in [2.24, 2.45) is 17.3 Å². The summed E-state index contributed by atoms with van der Waals surface area (Å²) in [4.78, 5) is 31.2. The molecule has 5 rings (SSSR count). The number of likely N-dealkylation sites (tertiary alicyclic amines) is 3. The van der Waals surface area contributed by atoms with Gasteiger partial charge >= 0.3 is 0 Å². The fourth-order valence-corrected chi connectivity index (χ4v) is 8.43. The number of hydrogen-bond donors (Lipinski definition) is 3. The van der Waals surface area contributed by atoms with E-state index >= 15 is 4.39 Å². The van der Waals surface area contributed by atoms with Crippen molar-refractivity contribution in [3.05, 3.63) is 0 Å². The van der Waals surface area contributed by atoms with Gasteiger partial charge in [-0.3, -0.25) is 29.7 Å². The second-order valence-corrected chi connectivity index (χ2v) is 16.2. The third-order valence-electron chi connectivity index (χ3n) is 10.3. The van der Waals surface area contributed by atoms with Crippen LogP contribution in [0.5, 0.6) is 0 Å². The van der Waals surface area contributed by atoms with E-state index < -0.39 is 16.3 Å². The molecule has 5 aliphatic rings. The number of alkyl halides is 2. The molecule has 44 heavy (non-hydrogen) atoms. The smallest absolute Gasteiger partial charge is 0.264 e. The van der Waals surface area contributed by atoms with Crippen LogP contribution in [0.25, 0.3) is 0 Å². The van der Waals surface area contributed by atoms with Crippen LogP contribution >= 0.6 is 11.6 Å². The molecule has 11 nitrogen and oxygen atoms in total. The maximum absolute atomic E-state index is 15.1. The highest BCUT2D eigenvalue weighted by Gasteiger charge is 2.54. The monoisotopic (exact) mass is 663 g/mol. The van der Waals surface area contributed by atoms with E-state index in [9.17, 15) is 18.0 Å². The van der Waals surface area contributed by atoms with Gasteiger partial charge in [0.2, 0.25) is 11.8 Å². The fourth-order valence-electron chi connectivity index (χ4n) is 7.68. The predicted octanol–water partition coefficient (Wildman–Crippen LogP) is 2.20. The lowest BCUT2D eigenvalue weighted by molar-refractivity contribution is -0.169. The Morgan fingerprint density at radius 1 is 0.955 bits per heavy atom. The lowest BCUT2D eigenvalue weighted by Gasteiger charge is -2.60. The van der Waals surface area contributed by atoms with Gasteiger partial charge in [0.05, 0.1) is 17.2 Å². The van der Waals surface area contributed by atoms with Crippen LogP contribution in [0.3, 0.4) is 0 Å². The normalized spacial score (nSPS) is 31.5. The van der Waals surface area contributed by atoms with Crippen molar-refractivity contribution in [1.82, 2.24) is 25.3 Å². The fraction of sp³-hybridized carbons (Fsp3) is 0.933. The van der Waals surface area contributed by atoms with Crippen LogP contribution in [0.1, 0.15) is 70.6 Å². The number of rotatable bonds is 13. The highest BCUT2D eigenvalue weighted by atomic mass is 35.5. The standard InChI is InChI=1S/C30H51ClFN5O6S/c31-24-16-33-29(34-17-24)35-10-8-22(9-11-35)4-3-12-43-25-7-6-23(26(32)15-25)14-28(39)37-20-30(21-37)18-36(19-30)27(38)5-1-2-13-44(40,41)42/h22-26,29,33-34H,1-21H2,(H,40,41,42). The SMILES string of the molecule is O=C(CCCCS(=O)(=O)O)N1CC2(C1)CN(C(=O)CC1CCC(OCCCC3CCN(C4NCC(Cl)CN4)CC3)CC1F)C2. The summed E-state index contributed by atoms with van der Waals surface area (Å²) in [5, 5.41) is 7.10. The second-order valence-electron chi connectivity index (χ2n) is 14.0. The summed E-state index contributed by atoms with van der Waals surface area (Å²) in [6.07, 6.45) is 6.66. The Labute approximate surface area is 266 Å². The number of piperidine rings is 1. The molecule has 3 unspecified atom stereocenters. The summed E-state index contributed by atoms with van der Waals surface area (Å²) in [5.41, 5.74) is -0.0460. The molecular weight excluding hydrogens is 613 g/mol. The lowest BCUT2D eigenvalue weighted by Crippen LogP contribution is -2.73. The van der Waals surface area contributed by atoms with Crippen molar-refractivity contribution < 1.29 is 31.7 Å². The first-order valence-electron chi connectivity index (χ1n) is 16.6. The summed E-state index contributed by atoms with van der Waals surface area (Å²) in [6, 6.07) is 0. The van der Waals surface area contributed by atoms with Crippen LogP contribution in [0.4, 0.5) is 4.39 Å². The number of nitrogens with one attached hydrogen (secondary N) is 2. The van der Waals surface area contributed by atoms with Crippen molar-refractivity contribution in [2.75, 3.05) is 64.7 Å². The zero-order chi connectivity index (χ0) is 31.3. The van der Waals surface area contributed by atoms with E-state index in [4.69, 9.17) is 20.9 Å². The molecule has 5 fully saturated rings. The number of amides is 2. The summed E-state index contributed by atoms with van der Waals surface area (Å²) in [6.45, 7) is 6.93. The molecule has 0 aromatic heterocycles. The number of nitrogens with zero attached hydrogens (tertiary/aromatic N) is 3. The predicted molar refractivity (Wildman–Crippen MR) is 165 cm³/mol. The molecular formula is C30H51ClFN5O6S. The van der Waals surface area contributed by atoms with Crippen molar-refractivity contribution in [1.29, 1.82) is 0 Å². The van der Waals surface area contributed by atoms with Gasteiger partial charge in [-0.2, -0.15) is 8.42 Å². The molecule has 1 spiro atoms. The first kappa shape index (κ1) is 34.3. The van der Waals surface area contributed by atoms with Crippen LogP contribution in [0.15, 0.2) is 0 Å². The van der Waals surface area contributed by atoms with E-state index in [1.807, 2.05) is 0 Å². The van der Waals surface area contributed by atoms with Gasteiger partial charge in [0.15, 0.2) is 0 Å². The Morgan fingerprint density at radius 3 is 2.25 bits per heavy atom. The molecule has 2 amide bonds. The van der Waals surface area contributed by atoms with E-state index in [1.54, 1.807) is 9.80 Å². The van der Waals surface area contributed by atoms with Crippen molar-refractivity contribution in [3.63, 3.8) is 0 Å². The summed E-state index contributed by atoms with van der Waals surface area (Å²) < 4.78 is 51.5. The third kappa shape index (κ3) is 9.48. The highest BCUT2D eigenvalue weighted by Crippen LogP contribution is 2.41. The Hall–Kier alpha value is -1.09. The van der Waals surface area contributed by atoms with E-state index in [0.717, 1.165) is 45.4 Å². The highest BCUT2D eigenvalue weighted by molar-refractivity contribution is 7.85. The Morgan fingerprint density at radius 2 is 1.61 bits per heavy atom. The zero-order valence-electron chi connectivity index (χ0n) is 25.8. The molecule has 3 atom stereocenters. The van der Waals surface area contributed by atoms with Gasteiger partial charge in [-0.15, -0.1) is 11.6 Å². The van der Waals surface area contributed by atoms with Gasteiger partial charge in [0.1, 0.15) is 12.5 Å². The summed E-state index contributed by atoms with van der Waals surface area (Å²) in [7, 11) is -3.99. The van der Waals surface area contributed by atoms with E-state index in [1.165, 1.54) is 12.8 Å². The molecule has 4 saturated heterocycles. The van der Waals surface area contributed by atoms with Gasteiger partial charge in [0.25, 0.3) is 10.1 Å². The molecule has 0 bridgehead atoms. The van der Waals surface area contributed by atoms with Crippen molar-refractivity contribution in [3.8, 4) is 0 Å². The minimum Gasteiger partial charge on any atom is -0.378 e. The van der Waals surface area contributed by atoms with Crippen LogP contribution < -0.4 is 10.6 Å². The Balaban J connectivity index is 0.889. The molecule has 3 N–H and O–H groups in total. The quantitative estimate of drug-likeness (QED) is 0.154. The Kier molecular flexibility index (Phi) is 11.8. The third-order valence-corrected chi connectivity index (χ3v) is 11.5. The number of hydrogen-bond acceptors (Lipinski definition) is 8. The minimum atomic E-state index is -3.99. The van der Waals surface area contributed by atoms with Crippen LogP contribution in [0, 0.1) is 17.3 Å². The zero-order valence-corrected chi connectivity index (χ0v) is 27.4. The maximum Gasteiger partial charge on any atom is 0.264 e. The molecule has 14 heteroatoms. The lowest BCUT2D eigenvalue weighted by atomic mass is 9.72. The molecule has 4 heterocycles. The molecule has 0 aromatic carbocycles. The average molecular weight is 664 g/mol. The van der Waals surface area contributed by atoms with E-state index in [0.29, 0.717) is 58.0 Å². The van der Waals surface area contributed by atoms with Gasteiger partial charge < -0.3 is 14.5 Å². The second kappa shape index (κ2) is 15.2. The largest absolute Gasteiger partial charge is 0.378 e. The Bertz CT molecular complexity index is 1070. The molecule has 252 valence electrons. The molecule has 0 radical (unpaired) electrons. The number of carbonyl (C=O) groups excluding carboxylic acids is 2. The topological polar surface area (TPSA) is 132 Å². The van der Waals surface area contributed by atoms with Gasteiger partial charge in [-0.25, -0.2) is 4.39 Å².